The molecule has 0 spiro atoms. The first-order valence-corrected chi connectivity index (χ1v) is 0. The van der Waals surface area contributed by atoms with Crippen LogP contribution in [0.5, 0.6) is 0 Å². The second-order valence-corrected chi connectivity index (χ2v) is 0. The minimum atomic E-state index is 0. The summed E-state index contributed by atoms with van der Waals surface area (Å²) in [5, 5.41) is 0. The zero-order valence-corrected chi connectivity index (χ0v) is 6.33. The first kappa shape index (κ1) is 30.5. The van der Waals surface area contributed by atoms with Crippen molar-refractivity contribution in [2.45, 2.75) is 0 Å². The summed E-state index contributed by atoms with van der Waals surface area (Å²) in [4.78, 5) is 0. The Bertz CT molecular complexity index is 8.00. The average molecular weight is 236 g/mol. The maximum absolute atomic E-state index is 0. The summed E-state index contributed by atoms with van der Waals surface area (Å²) in [6.45, 7) is 0. The third-order valence-corrected chi connectivity index (χ3v) is 0. The van der Waals surface area contributed by atoms with Crippen molar-refractivity contribution >= 4 is 64.3 Å². The van der Waals surface area contributed by atoms with Gasteiger partial charge < -0.3 is 0 Å². The van der Waals surface area contributed by atoms with Crippen molar-refractivity contribution in [3.8, 4) is 0 Å². The van der Waals surface area contributed by atoms with Crippen molar-refractivity contribution in [1.29, 1.82) is 0 Å². The molecule has 0 rings (SSSR count). The molecule has 0 aliphatic heterocycles. The van der Waals surface area contributed by atoms with Gasteiger partial charge in [-0.05, 0) is 0 Å². The van der Waals surface area contributed by atoms with Crippen LogP contribution >= 0.6 is 0 Å². The van der Waals surface area contributed by atoms with Crippen molar-refractivity contribution in [1.82, 2.24) is 0 Å². The van der Waals surface area contributed by atoms with E-state index in [9.17, 15) is 0 Å². The Balaban J connectivity index is 0. The second kappa shape index (κ2) is 17.5. The van der Waals surface area contributed by atoms with Crippen LogP contribution in [0.2, 0.25) is 0 Å². The van der Waals surface area contributed by atoms with Gasteiger partial charge >= 0.3 is 23.1 Å². The first-order chi connectivity index (χ1) is 0. The van der Waals surface area contributed by atoms with Crippen LogP contribution in [0.4, 0.5) is 0 Å². The van der Waals surface area contributed by atoms with Crippen LogP contribution in [0.25, 0.3) is 0 Å². The Kier molecular flexibility index (Phi) is 133. The zero-order valence-electron chi connectivity index (χ0n) is 1.38. The van der Waals surface area contributed by atoms with Gasteiger partial charge in [0.25, 0.3) is 0 Å². The smallest absolute Gasteiger partial charge is 0 e. The normalized spacial score (nSPS) is 0. The van der Waals surface area contributed by atoms with Crippen LogP contribution in [-0.2, 0) is 17.1 Å². The predicted octanol–water partition coefficient (Wildman–Crippen LogP) is -1.68. The second-order valence-electron chi connectivity index (χ2n) is 0. The summed E-state index contributed by atoms with van der Waals surface area (Å²) >= 11 is 0. The molecule has 0 aromatic rings. The fourth-order valence-electron chi connectivity index (χ4n) is 0. The number of rotatable bonds is 0. The van der Waals surface area contributed by atoms with Crippen LogP contribution in [-0.4, -0.2) is 64.3 Å². The van der Waals surface area contributed by atoms with E-state index >= 15 is 0 Å². The van der Waals surface area contributed by atoms with E-state index in [2.05, 4.69) is 0 Å². The van der Waals surface area contributed by atoms with Gasteiger partial charge in [0.15, 0.2) is 0 Å². The molecular formula is H2AlCuMgSn. The predicted molar refractivity (Wildman–Crippen MR) is 20.1 cm³/mol. The van der Waals surface area contributed by atoms with E-state index in [1.165, 1.54) is 0 Å². The average Bonchev–Trinajstić information content (AvgIpc) is 0. The maximum Gasteiger partial charge on any atom is 0.316 e. The van der Waals surface area contributed by atoms with Crippen molar-refractivity contribution in [3.63, 3.8) is 0 Å². The van der Waals surface area contributed by atoms with Gasteiger partial charge in [0.2, 0.25) is 0 Å². The molecule has 0 aromatic carbocycles. The maximum atomic E-state index is 0. The van der Waals surface area contributed by atoms with Crippen molar-refractivity contribution in [2.24, 2.45) is 0 Å². The van der Waals surface area contributed by atoms with Gasteiger partial charge in [0, 0.05) is 58.3 Å². The molecule has 8 radical (unpaired) electrons. The molecule has 0 aliphatic rings. The summed E-state index contributed by atoms with van der Waals surface area (Å²) in [5.74, 6) is 0. The Morgan fingerprint density at radius 3 is 1.00 bits per heavy atom. The molecule has 0 bridgehead atoms. The molecule has 0 fully saturated rings. The third kappa shape index (κ3) is 8.82. The zero-order chi connectivity index (χ0) is 0. The summed E-state index contributed by atoms with van der Waals surface area (Å²) in [6, 6.07) is 0. The fraction of sp³-hybridized carbons (Fsp3) is 0. The first-order valence-electron chi connectivity index (χ1n) is 0. The van der Waals surface area contributed by atoms with Gasteiger partial charge in [-0.25, -0.2) is 0 Å². The van der Waals surface area contributed by atoms with Gasteiger partial charge in [-0.1, -0.05) is 0 Å². The molecule has 0 aromatic heterocycles. The summed E-state index contributed by atoms with van der Waals surface area (Å²) in [6.07, 6.45) is 0. The molecule has 0 heterocycles. The van der Waals surface area contributed by atoms with E-state index in [0.717, 1.165) is 0 Å². The molecule has 4 heavy (non-hydrogen) atoms. The molecule has 0 atom stereocenters. The van der Waals surface area contributed by atoms with Crippen molar-refractivity contribution in [3.05, 3.63) is 0 Å². The molecule has 0 N–H and O–H groups in total. The van der Waals surface area contributed by atoms with Crippen LogP contribution in [0, 0.1) is 0 Å². The van der Waals surface area contributed by atoms with Gasteiger partial charge in [-0.3, -0.25) is 0 Å². The van der Waals surface area contributed by atoms with Gasteiger partial charge in [-0.2, -0.15) is 0 Å². The largest absolute Gasteiger partial charge is 0.316 e. The van der Waals surface area contributed by atoms with Crippen LogP contribution in [0.1, 0.15) is 0 Å². The molecular weight excluding hydrogens is 234 g/mol. The molecule has 0 saturated carbocycles. The van der Waals surface area contributed by atoms with E-state index in [-0.39, 0.29) is 81.4 Å². The standard InChI is InChI=1S/Al.Cu.Mg.Sn.2H. The molecule has 0 saturated heterocycles. The SMILES string of the molecule is [Al].[Cu].[MgH2].[Sn]. The molecule has 0 aliphatic carbocycles. The van der Waals surface area contributed by atoms with E-state index in [1.54, 1.807) is 0 Å². The Hall–Kier alpha value is 2.62. The topological polar surface area (TPSA) is 0 Å². The van der Waals surface area contributed by atoms with E-state index in [1.807, 2.05) is 0 Å². The van der Waals surface area contributed by atoms with Crippen molar-refractivity contribution < 1.29 is 17.1 Å². The number of hydrogen-bond acceptors (Lipinski definition) is 0. The quantitative estimate of drug-likeness (QED) is 0.440. The molecule has 22 valence electrons. The van der Waals surface area contributed by atoms with Crippen LogP contribution in [0.3, 0.4) is 0 Å². The Labute approximate surface area is 80.2 Å². The summed E-state index contributed by atoms with van der Waals surface area (Å²) in [5.41, 5.74) is 0. The Morgan fingerprint density at radius 1 is 1.00 bits per heavy atom. The van der Waals surface area contributed by atoms with E-state index in [0.29, 0.717) is 0 Å². The molecule has 4 heteroatoms. The summed E-state index contributed by atoms with van der Waals surface area (Å²) in [7, 11) is 0. The van der Waals surface area contributed by atoms with Crippen molar-refractivity contribution in [2.75, 3.05) is 0 Å². The third-order valence-electron chi connectivity index (χ3n) is 0. The fourth-order valence-corrected chi connectivity index (χ4v) is 0. The minimum Gasteiger partial charge on any atom is 0 e. The van der Waals surface area contributed by atoms with Gasteiger partial charge in [0.05, 0.1) is 0 Å². The van der Waals surface area contributed by atoms with Gasteiger partial charge in [0.1, 0.15) is 0 Å². The minimum absolute atomic E-state index is 0. The summed E-state index contributed by atoms with van der Waals surface area (Å²) < 4.78 is 0. The van der Waals surface area contributed by atoms with E-state index < -0.39 is 0 Å². The molecule has 0 unspecified atom stereocenters. The molecule has 0 nitrogen and oxygen atoms in total. The molecule has 0 amide bonds. The van der Waals surface area contributed by atoms with Crippen LogP contribution < -0.4 is 0 Å². The van der Waals surface area contributed by atoms with Crippen LogP contribution in [0.15, 0.2) is 0 Å². The number of hydrogen-bond donors (Lipinski definition) is 0. The van der Waals surface area contributed by atoms with Gasteiger partial charge in [-0.15, -0.1) is 0 Å². The Morgan fingerprint density at radius 2 is 1.00 bits per heavy atom. The monoisotopic (exact) mass is 236 g/mol. The van der Waals surface area contributed by atoms with E-state index in [4.69, 9.17) is 0 Å².